The third-order valence-electron chi connectivity index (χ3n) is 2.63. The number of anilines is 1. The van der Waals surface area contributed by atoms with Crippen LogP contribution in [0.2, 0.25) is 0 Å². The highest BCUT2D eigenvalue weighted by molar-refractivity contribution is 9.10. The SMILES string of the molecule is Cn1cc(NC(=O)C2CCCO2)cc(Br)c1=O. The number of aryl methyl sites for hydroxylation is 1. The van der Waals surface area contributed by atoms with Gasteiger partial charge in [0.1, 0.15) is 6.10 Å². The van der Waals surface area contributed by atoms with Crippen molar-refractivity contribution in [2.75, 3.05) is 11.9 Å². The highest BCUT2D eigenvalue weighted by Gasteiger charge is 2.23. The van der Waals surface area contributed by atoms with Crippen LogP contribution >= 0.6 is 15.9 Å². The summed E-state index contributed by atoms with van der Waals surface area (Å²) in [5.41, 5.74) is 0.444. The van der Waals surface area contributed by atoms with E-state index in [1.165, 1.54) is 4.57 Å². The maximum atomic E-state index is 11.8. The van der Waals surface area contributed by atoms with Crippen molar-refractivity contribution < 1.29 is 9.53 Å². The zero-order valence-electron chi connectivity index (χ0n) is 9.40. The van der Waals surface area contributed by atoms with Crippen LogP contribution in [0.3, 0.4) is 0 Å². The van der Waals surface area contributed by atoms with E-state index in [1.807, 2.05) is 0 Å². The van der Waals surface area contributed by atoms with Crippen LogP contribution in [0.1, 0.15) is 12.8 Å². The number of carbonyl (C=O) groups is 1. The van der Waals surface area contributed by atoms with Crippen molar-refractivity contribution in [2.45, 2.75) is 18.9 Å². The van der Waals surface area contributed by atoms with Crippen molar-refractivity contribution >= 4 is 27.5 Å². The number of nitrogens with one attached hydrogen (secondary N) is 1. The quantitative estimate of drug-likeness (QED) is 0.895. The summed E-state index contributed by atoms with van der Waals surface area (Å²) >= 11 is 3.15. The molecule has 1 atom stereocenters. The smallest absolute Gasteiger partial charge is 0.264 e. The van der Waals surface area contributed by atoms with Crippen molar-refractivity contribution in [3.8, 4) is 0 Å². The molecule has 2 rings (SSSR count). The monoisotopic (exact) mass is 300 g/mol. The normalized spacial score (nSPS) is 19.3. The summed E-state index contributed by atoms with van der Waals surface area (Å²) < 4.78 is 7.11. The number of rotatable bonds is 2. The summed E-state index contributed by atoms with van der Waals surface area (Å²) in [5.74, 6) is -0.159. The van der Waals surface area contributed by atoms with Gasteiger partial charge in [0.05, 0.1) is 10.2 Å². The minimum atomic E-state index is -0.369. The molecular formula is C11H13BrN2O3. The molecule has 6 heteroatoms. The van der Waals surface area contributed by atoms with E-state index in [0.717, 1.165) is 12.8 Å². The number of ether oxygens (including phenoxy) is 1. The summed E-state index contributed by atoms with van der Waals surface area (Å²) in [6.07, 6.45) is 2.87. The predicted octanol–water partition coefficient (Wildman–Crippen LogP) is 1.27. The maximum Gasteiger partial charge on any atom is 0.264 e. The molecule has 92 valence electrons. The average molecular weight is 301 g/mol. The zero-order valence-corrected chi connectivity index (χ0v) is 11.0. The average Bonchev–Trinajstić information content (AvgIpc) is 2.79. The number of halogens is 1. The minimum absolute atomic E-state index is 0.139. The third-order valence-corrected chi connectivity index (χ3v) is 3.20. The van der Waals surface area contributed by atoms with Crippen LogP contribution in [0.5, 0.6) is 0 Å². The van der Waals surface area contributed by atoms with E-state index in [2.05, 4.69) is 21.2 Å². The Labute approximate surface area is 107 Å². The van der Waals surface area contributed by atoms with Gasteiger partial charge in [-0.2, -0.15) is 0 Å². The summed E-state index contributed by atoms with van der Waals surface area (Å²) in [7, 11) is 1.63. The lowest BCUT2D eigenvalue weighted by molar-refractivity contribution is -0.124. The topological polar surface area (TPSA) is 60.3 Å². The van der Waals surface area contributed by atoms with Crippen molar-refractivity contribution in [3.05, 3.63) is 27.1 Å². The van der Waals surface area contributed by atoms with Crippen LogP contribution in [0.25, 0.3) is 0 Å². The third kappa shape index (κ3) is 2.76. The van der Waals surface area contributed by atoms with Gasteiger partial charge in [0.15, 0.2) is 0 Å². The number of hydrogen-bond acceptors (Lipinski definition) is 3. The second kappa shape index (κ2) is 5.01. The van der Waals surface area contributed by atoms with Crippen LogP contribution in [0.4, 0.5) is 5.69 Å². The van der Waals surface area contributed by atoms with Gasteiger partial charge < -0.3 is 14.6 Å². The highest BCUT2D eigenvalue weighted by atomic mass is 79.9. The van der Waals surface area contributed by atoms with Gasteiger partial charge in [-0.15, -0.1) is 0 Å². The zero-order chi connectivity index (χ0) is 12.4. The first-order valence-electron chi connectivity index (χ1n) is 5.36. The van der Waals surface area contributed by atoms with E-state index in [0.29, 0.717) is 16.8 Å². The Morgan fingerprint density at radius 2 is 2.41 bits per heavy atom. The van der Waals surface area contributed by atoms with Crippen LogP contribution < -0.4 is 10.9 Å². The van der Waals surface area contributed by atoms with Crippen molar-refractivity contribution in [1.82, 2.24) is 4.57 Å². The van der Waals surface area contributed by atoms with E-state index >= 15 is 0 Å². The van der Waals surface area contributed by atoms with Crippen molar-refractivity contribution in [3.63, 3.8) is 0 Å². The van der Waals surface area contributed by atoms with E-state index < -0.39 is 0 Å². The molecule has 1 saturated heterocycles. The van der Waals surface area contributed by atoms with Crippen LogP contribution in [-0.2, 0) is 16.6 Å². The van der Waals surface area contributed by atoms with E-state index in [9.17, 15) is 9.59 Å². The fourth-order valence-electron chi connectivity index (χ4n) is 1.75. The number of amides is 1. The second-order valence-corrected chi connectivity index (χ2v) is 4.84. The molecule has 5 nitrogen and oxygen atoms in total. The summed E-state index contributed by atoms with van der Waals surface area (Å²) in [4.78, 5) is 23.2. The lowest BCUT2D eigenvalue weighted by Crippen LogP contribution is -2.28. The second-order valence-electron chi connectivity index (χ2n) is 3.98. The van der Waals surface area contributed by atoms with Gasteiger partial charge >= 0.3 is 0 Å². The lowest BCUT2D eigenvalue weighted by Gasteiger charge is -2.11. The highest BCUT2D eigenvalue weighted by Crippen LogP contribution is 2.16. The maximum absolute atomic E-state index is 11.8. The molecular weight excluding hydrogens is 288 g/mol. The molecule has 0 radical (unpaired) electrons. The first kappa shape index (κ1) is 12.3. The molecule has 1 aromatic heterocycles. The summed E-state index contributed by atoms with van der Waals surface area (Å²) in [6.45, 7) is 0.634. The fourth-order valence-corrected chi connectivity index (χ4v) is 2.27. The van der Waals surface area contributed by atoms with Crippen LogP contribution in [-0.4, -0.2) is 23.2 Å². The number of carbonyl (C=O) groups excluding carboxylic acids is 1. The first-order valence-corrected chi connectivity index (χ1v) is 6.16. The van der Waals surface area contributed by atoms with Gasteiger partial charge in [-0.1, -0.05) is 0 Å². The number of aromatic nitrogens is 1. The molecule has 0 aromatic carbocycles. The molecule has 1 aliphatic heterocycles. The van der Waals surface area contributed by atoms with E-state index in [-0.39, 0.29) is 17.6 Å². The van der Waals surface area contributed by atoms with Gasteiger partial charge in [-0.3, -0.25) is 9.59 Å². The van der Waals surface area contributed by atoms with Crippen molar-refractivity contribution in [2.24, 2.45) is 7.05 Å². The first-order chi connectivity index (χ1) is 8.08. The van der Waals surface area contributed by atoms with Crippen LogP contribution in [0, 0.1) is 0 Å². The Kier molecular flexibility index (Phi) is 3.63. The summed E-state index contributed by atoms with van der Waals surface area (Å²) in [6, 6.07) is 1.59. The number of pyridine rings is 1. The Hall–Kier alpha value is -1.14. The van der Waals surface area contributed by atoms with Gasteiger partial charge in [0, 0.05) is 19.9 Å². The van der Waals surface area contributed by atoms with E-state index in [4.69, 9.17) is 4.74 Å². The van der Waals surface area contributed by atoms with Crippen LogP contribution in [0.15, 0.2) is 21.5 Å². The number of hydrogen-bond donors (Lipinski definition) is 1. The Morgan fingerprint density at radius 1 is 1.65 bits per heavy atom. The van der Waals surface area contributed by atoms with Gasteiger partial charge in [-0.25, -0.2) is 0 Å². The standard InChI is InChI=1S/C11H13BrN2O3/c1-14-6-7(5-8(12)11(14)16)13-10(15)9-3-2-4-17-9/h5-6,9H,2-4H2,1H3,(H,13,15). The molecule has 2 heterocycles. The van der Waals surface area contributed by atoms with Gasteiger partial charge in [0.2, 0.25) is 0 Å². The Balaban J connectivity index is 2.13. The molecule has 17 heavy (non-hydrogen) atoms. The molecule has 1 aromatic rings. The Bertz CT molecular complexity index is 466. The largest absolute Gasteiger partial charge is 0.368 e. The molecule has 1 amide bonds. The molecule has 0 bridgehead atoms. The molecule has 0 spiro atoms. The predicted molar refractivity (Wildman–Crippen MR) is 67.0 cm³/mol. The minimum Gasteiger partial charge on any atom is -0.368 e. The lowest BCUT2D eigenvalue weighted by atomic mass is 10.2. The molecule has 1 aliphatic rings. The summed E-state index contributed by atoms with van der Waals surface area (Å²) in [5, 5.41) is 2.74. The molecule has 1 fully saturated rings. The van der Waals surface area contributed by atoms with Gasteiger partial charge in [0.25, 0.3) is 11.5 Å². The molecule has 1 N–H and O–H groups in total. The fraction of sp³-hybridized carbons (Fsp3) is 0.455. The van der Waals surface area contributed by atoms with Gasteiger partial charge in [-0.05, 0) is 34.8 Å². The van der Waals surface area contributed by atoms with E-state index in [1.54, 1.807) is 19.3 Å². The molecule has 1 unspecified atom stereocenters. The Morgan fingerprint density at radius 3 is 3.00 bits per heavy atom. The molecule has 0 saturated carbocycles. The molecule has 0 aliphatic carbocycles. The number of nitrogens with zero attached hydrogens (tertiary/aromatic N) is 1. The van der Waals surface area contributed by atoms with Crippen molar-refractivity contribution in [1.29, 1.82) is 0 Å².